The SMILES string of the molecule is Cc1cc[n+]2cc(-c3ccc(C=O)cc3)n(C)c2c1.Cc1ccc(S(=O)(=O)[O-])cc1. The van der Waals surface area contributed by atoms with Gasteiger partial charge < -0.3 is 4.55 Å². The molecule has 2 aromatic heterocycles. The van der Waals surface area contributed by atoms with Crippen molar-refractivity contribution in [2.45, 2.75) is 18.7 Å². The predicted octanol–water partition coefficient (Wildman–Crippen LogP) is 3.45. The van der Waals surface area contributed by atoms with Gasteiger partial charge in [0.05, 0.1) is 18.1 Å². The van der Waals surface area contributed by atoms with Crippen LogP contribution in [0.15, 0.2) is 78.0 Å². The van der Waals surface area contributed by atoms with E-state index in [4.69, 9.17) is 0 Å². The normalized spacial score (nSPS) is 11.1. The first kappa shape index (κ1) is 21.4. The van der Waals surface area contributed by atoms with Crippen molar-refractivity contribution in [2.75, 3.05) is 0 Å². The minimum Gasteiger partial charge on any atom is -0.744 e. The van der Waals surface area contributed by atoms with Crippen LogP contribution in [0.1, 0.15) is 21.5 Å². The number of carbonyl (C=O) groups is 1. The maximum Gasteiger partial charge on any atom is 0.286 e. The first-order valence-corrected chi connectivity index (χ1v) is 10.7. The molecule has 2 aromatic carbocycles. The van der Waals surface area contributed by atoms with E-state index < -0.39 is 10.1 Å². The minimum absolute atomic E-state index is 0.178. The van der Waals surface area contributed by atoms with Gasteiger partial charge in [-0.25, -0.2) is 17.4 Å². The topological polar surface area (TPSA) is 83.3 Å². The molecule has 0 atom stereocenters. The highest BCUT2D eigenvalue weighted by Gasteiger charge is 2.15. The van der Waals surface area contributed by atoms with E-state index in [9.17, 15) is 17.8 Å². The van der Waals surface area contributed by atoms with E-state index in [1.165, 1.54) is 17.7 Å². The number of carbonyl (C=O) groups excluding carboxylic acids is 1. The number of fused-ring (bicyclic) bond motifs is 1. The number of imidazole rings is 1. The largest absolute Gasteiger partial charge is 0.744 e. The zero-order chi connectivity index (χ0) is 21.9. The van der Waals surface area contributed by atoms with Crippen molar-refractivity contribution < 1.29 is 22.2 Å². The molecule has 0 saturated heterocycles. The van der Waals surface area contributed by atoms with E-state index in [1.54, 1.807) is 12.1 Å². The molecule has 0 amide bonds. The molecule has 0 unspecified atom stereocenters. The standard InChI is InChI=1S/C16H15N2O.C7H8O3S/c1-12-7-8-18-10-15(17(2)16(18)9-12)14-5-3-13(11-19)4-6-14;1-6-2-4-7(5-3-6)11(8,9)10/h3-11H,1-2H3;2-5H,1H3,(H,8,9,10)/q+1;/p-1. The van der Waals surface area contributed by atoms with E-state index in [0.29, 0.717) is 5.56 Å². The Labute approximate surface area is 175 Å². The van der Waals surface area contributed by atoms with Gasteiger partial charge in [0.2, 0.25) is 0 Å². The van der Waals surface area contributed by atoms with Crippen LogP contribution in [0.5, 0.6) is 0 Å². The fraction of sp³-hybridized carbons (Fsp3) is 0.130. The monoisotopic (exact) mass is 422 g/mol. The van der Waals surface area contributed by atoms with E-state index >= 15 is 0 Å². The Bertz CT molecular complexity index is 1290. The van der Waals surface area contributed by atoms with Gasteiger partial charge in [0.15, 0.2) is 5.69 Å². The Morgan fingerprint density at radius 1 is 0.933 bits per heavy atom. The summed E-state index contributed by atoms with van der Waals surface area (Å²) < 4.78 is 35.4. The summed E-state index contributed by atoms with van der Waals surface area (Å²) in [5, 5.41) is 0. The molecule has 6 nitrogen and oxygen atoms in total. The Morgan fingerprint density at radius 2 is 1.57 bits per heavy atom. The highest BCUT2D eigenvalue weighted by molar-refractivity contribution is 7.85. The molecule has 0 spiro atoms. The maximum atomic E-state index is 10.7. The molecule has 0 aliphatic carbocycles. The summed E-state index contributed by atoms with van der Waals surface area (Å²) >= 11 is 0. The van der Waals surface area contributed by atoms with Crippen LogP contribution in [0, 0.1) is 13.8 Å². The first-order chi connectivity index (χ1) is 14.2. The van der Waals surface area contributed by atoms with Crippen LogP contribution in [0.2, 0.25) is 0 Å². The molecular weight excluding hydrogens is 400 g/mol. The average molecular weight is 423 g/mol. The molecule has 2 heterocycles. The molecule has 0 N–H and O–H groups in total. The van der Waals surface area contributed by atoms with Crippen LogP contribution in [-0.2, 0) is 17.2 Å². The second-order valence-electron chi connectivity index (χ2n) is 7.05. The van der Waals surface area contributed by atoms with Crippen molar-refractivity contribution in [3.63, 3.8) is 0 Å². The van der Waals surface area contributed by atoms with Gasteiger partial charge in [0.1, 0.15) is 22.6 Å². The molecule has 30 heavy (non-hydrogen) atoms. The Morgan fingerprint density at radius 3 is 2.13 bits per heavy atom. The number of benzene rings is 2. The number of pyridine rings is 1. The van der Waals surface area contributed by atoms with Gasteiger partial charge in [-0.05, 0) is 49.7 Å². The van der Waals surface area contributed by atoms with E-state index in [0.717, 1.165) is 28.8 Å². The van der Waals surface area contributed by atoms with Crippen LogP contribution in [0.4, 0.5) is 0 Å². The van der Waals surface area contributed by atoms with Crippen LogP contribution in [-0.4, -0.2) is 23.8 Å². The Hall–Kier alpha value is -3.29. The molecule has 154 valence electrons. The van der Waals surface area contributed by atoms with Crippen LogP contribution >= 0.6 is 0 Å². The predicted molar refractivity (Wildman–Crippen MR) is 113 cm³/mol. The maximum absolute atomic E-state index is 10.7. The van der Waals surface area contributed by atoms with Gasteiger partial charge in [0.25, 0.3) is 5.65 Å². The number of nitrogens with zero attached hydrogens (tertiary/aromatic N) is 2. The molecule has 0 aliphatic heterocycles. The van der Waals surface area contributed by atoms with Crippen LogP contribution in [0.25, 0.3) is 16.9 Å². The number of aromatic nitrogens is 2. The third-order valence-electron chi connectivity index (χ3n) is 4.74. The van der Waals surface area contributed by atoms with E-state index in [1.807, 2.05) is 31.2 Å². The van der Waals surface area contributed by atoms with Gasteiger partial charge in [-0.15, -0.1) is 0 Å². The third-order valence-corrected chi connectivity index (χ3v) is 5.59. The molecule has 0 aliphatic rings. The van der Waals surface area contributed by atoms with Gasteiger partial charge in [-0.2, -0.15) is 0 Å². The summed E-state index contributed by atoms with van der Waals surface area (Å²) in [4.78, 5) is 10.5. The van der Waals surface area contributed by atoms with Gasteiger partial charge in [-0.1, -0.05) is 29.8 Å². The quantitative estimate of drug-likeness (QED) is 0.288. The fourth-order valence-corrected chi connectivity index (χ4v) is 3.50. The van der Waals surface area contributed by atoms with Gasteiger partial charge in [0, 0.05) is 17.2 Å². The van der Waals surface area contributed by atoms with Gasteiger partial charge in [-0.3, -0.25) is 4.79 Å². The van der Waals surface area contributed by atoms with Crippen molar-refractivity contribution in [3.05, 3.63) is 89.7 Å². The Balaban J connectivity index is 0.000000199. The summed E-state index contributed by atoms with van der Waals surface area (Å²) in [6.07, 6.45) is 5.03. The lowest BCUT2D eigenvalue weighted by atomic mass is 10.1. The van der Waals surface area contributed by atoms with Crippen LogP contribution in [0.3, 0.4) is 0 Å². The lowest BCUT2D eigenvalue weighted by molar-refractivity contribution is -0.510. The summed E-state index contributed by atoms with van der Waals surface area (Å²) in [6.45, 7) is 3.91. The molecule has 0 bridgehead atoms. The second kappa shape index (κ2) is 8.61. The molecule has 4 aromatic rings. The molecule has 0 fully saturated rings. The molecule has 4 rings (SSSR count). The number of aldehydes is 1. The number of hydrogen-bond donors (Lipinski definition) is 0. The summed E-state index contributed by atoms with van der Waals surface area (Å²) in [7, 11) is -2.22. The number of rotatable bonds is 3. The van der Waals surface area contributed by atoms with Crippen molar-refractivity contribution in [3.8, 4) is 11.3 Å². The molecular formula is C23H22N2O4S. The smallest absolute Gasteiger partial charge is 0.286 e. The first-order valence-electron chi connectivity index (χ1n) is 9.24. The third kappa shape index (κ3) is 4.82. The summed E-state index contributed by atoms with van der Waals surface area (Å²) in [5.41, 5.74) is 6.25. The lowest BCUT2D eigenvalue weighted by Crippen LogP contribution is -2.18. The average Bonchev–Trinajstić information content (AvgIpc) is 3.04. The minimum atomic E-state index is -4.27. The second-order valence-corrected chi connectivity index (χ2v) is 8.43. The van der Waals surface area contributed by atoms with Crippen molar-refractivity contribution in [1.29, 1.82) is 0 Å². The summed E-state index contributed by atoms with van der Waals surface area (Å²) in [5.74, 6) is 0. The molecule has 0 saturated carbocycles. The van der Waals surface area contributed by atoms with E-state index in [2.05, 4.69) is 47.5 Å². The van der Waals surface area contributed by atoms with E-state index in [-0.39, 0.29) is 4.90 Å². The Kier molecular flexibility index (Phi) is 6.14. The lowest BCUT2D eigenvalue weighted by Gasteiger charge is -2.05. The van der Waals surface area contributed by atoms with Crippen LogP contribution < -0.4 is 4.40 Å². The van der Waals surface area contributed by atoms with Crippen molar-refractivity contribution in [2.24, 2.45) is 7.05 Å². The number of hydrogen-bond acceptors (Lipinski definition) is 4. The number of aryl methyl sites for hydroxylation is 3. The highest BCUT2D eigenvalue weighted by Crippen LogP contribution is 2.20. The van der Waals surface area contributed by atoms with Gasteiger partial charge >= 0.3 is 0 Å². The zero-order valence-electron chi connectivity index (χ0n) is 16.9. The highest BCUT2D eigenvalue weighted by atomic mass is 32.2. The van der Waals surface area contributed by atoms with Crippen molar-refractivity contribution >= 4 is 22.1 Å². The molecule has 0 radical (unpaired) electrons. The fourth-order valence-electron chi connectivity index (χ4n) is 3.03. The van der Waals surface area contributed by atoms with Crippen molar-refractivity contribution in [1.82, 2.24) is 4.57 Å². The zero-order valence-corrected chi connectivity index (χ0v) is 17.8. The summed E-state index contributed by atoms with van der Waals surface area (Å²) in [6, 6.07) is 17.7. The molecule has 7 heteroatoms.